The van der Waals surface area contributed by atoms with Crippen molar-refractivity contribution in [2.45, 2.75) is 51.5 Å². The van der Waals surface area contributed by atoms with Crippen LogP contribution in [0.2, 0.25) is 0 Å². The molecule has 1 fully saturated rings. The zero-order valence-electron chi connectivity index (χ0n) is 12.8. The average Bonchev–Trinajstić information content (AvgIpc) is 3.25. The molecular weight excluding hydrogens is 280 g/mol. The molecule has 0 bridgehead atoms. The molecule has 6 heteroatoms. The van der Waals surface area contributed by atoms with Crippen molar-refractivity contribution in [2.75, 3.05) is 6.54 Å². The largest absolute Gasteiger partial charge is 0.360 e. The van der Waals surface area contributed by atoms with Gasteiger partial charge in [0, 0.05) is 30.4 Å². The van der Waals surface area contributed by atoms with Crippen molar-refractivity contribution in [3.63, 3.8) is 0 Å². The van der Waals surface area contributed by atoms with E-state index in [2.05, 4.69) is 15.1 Å². The number of fused-ring (bicyclic) bond motifs is 1. The lowest BCUT2D eigenvalue weighted by atomic mass is 9.96. The molecule has 2 aromatic heterocycles. The minimum Gasteiger partial charge on any atom is -0.360 e. The molecular formula is C16H20N4O2. The fraction of sp³-hybridized carbons (Fsp3) is 0.562. The second kappa shape index (κ2) is 5.26. The highest BCUT2D eigenvalue weighted by molar-refractivity contribution is 5.94. The number of carbonyl (C=O) groups excluding carboxylic acids is 1. The lowest BCUT2D eigenvalue weighted by Crippen LogP contribution is -2.32. The van der Waals surface area contributed by atoms with Gasteiger partial charge < -0.3 is 14.4 Å². The number of H-pyrrole nitrogens is 1. The van der Waals surface area contributed by atoms with Crippen LogP contribution in [-0.4, -0.2) is 32.5 Å². The molecule has 0 radical (unpaired) electrons. The molecule has 3 heterocycles. The zero-order chi connectivity index (χ0) is 15.1. The Bertz CT molecular complexity index is 703. The van der Waals surface area contributed by atoms with Crippen LogP contribution in [0.1, 0.15) is 65.1 Å². The number of aryl methyl sites for hydroxylation is 2. The van der Waals surface area contributed by atoms with Crippen molar-refractivity contribution >= 4 is 5.91 Å². The third kappa shape index (κ3) is 2.14. The van der Waals surface area contributed by atoms with E-state index in [-0.39, 0.29) is 11.9 Å². The standard InChI is InChI=1S/C16H20N4O2/c1-10-9-17-15(18-10)12-6-4-8-20(12)16(21)14-11-5-2-3-7-13(11)22-19-14/h9,12H,2-8H2,1H3,(H,17,18)/t12-/m1/s1. The van der Waals surface area contributed by atoms with Gasteiger partial charge in [0.25, 0.3) is 5.91 Å². The van der Waals surface area contributed by atoms with Crippen LogP contribution in [0.25, 0.3) is 0 Å². The number of carbonyl (C=O) groups is 1. The lowest BCUT2D eigenvalue weighted by Gasteiger charge is -2.22. The molecule has 4 rings (SSSR count). The van der Waals surface area contributed by atoms with Crippen molar-refractivity contribution in [2.24, 2.45) is 0 Å². The first-order chi connectivity index (χ1) is 10.7. The predicted octanol–water partition coefficient (Wildman–Crippen LogP) is 2.56. The SMILES string of the molecule is Cc1cnc([C@H]2CCCN2C(=O)c2noc3c2CCCC3)[nH]1. The van der Waals surface area contributed by atoms with E-state index < -0.39 is 0 Å². The molecule has 1 aliphatic carbocycles. The number of aromatic amines is 1. The van der Waals surface area contributed by atoms with E-state index in [9.17, 15) is 4.79 Å². The first kappa shape index (κ1) is 13.5. The van der Waals surface area contributed by atoms with Crippen LogP contribution in [0.3, 0.4) is 0 Å². The first-order valence-electron chi connectivity index (χ1n) is 8.04. The minimum atomic E-state index is -0.0107. The van der Waals surface area contributed by atoms with Crippen molar-refractivity contribution in [3.05, 3.63) is 34.7 Å². The Balaban J connectivity index is 1.63. The van der Waals surface area contributed by atoms with Gasteiger partial charge in [0.05, 0.1) is 6.04 Å². The van der Waals surface area contributed by atoms with Crippen molar-refractivity contribution in [1.82, 2.24) is 20.0 Å². The number of nitrogens with zero attached hydrogens (tertiary/aromatic N) is 3. The smallest absolute Gasteiger partial charge is 0.276 e. The molecule has 2 aliphatic rings. The second-order valence-electron chi connectivity index (χ2n) is 6.25. The van der Waals surface area contributed by atoms with E-state index in [1.807, 2.05) is 18.0 Å². The quantitative estimate of drug-likeness (QED) is 0.925. The highest BCUT2D eigenvalue weighted by Crippen LogP contribution is 2.33. The molecule has 0 aromatic carbocycles. The van der Waals surface area contributed by atoms with Gasteiger partial charge in [-0.25, -0.2) is 4.98 Å². The number of hydrogen-bond donors (Lipinski definition) is 1. The summed E-state index contributed by atoms with van der Waals surface area (Å²) in [6.45, 7) is 2.73. The summed E-state index contributed by atoms with van der Waals surface area (Å²) in [4.78, 5) is 22.5. The number of likely N-dealkylation sites (tertiary alicyclic amines) is 1. The van der Waals surface area contributed by atoms with Gasteiger partial charge in [0.1, 0.15) is 11.6 Å². The summed E-state index contributed by atoms with van der Waals surface area (Å²) in [5, 5.41) is 4.08. The Hall–Kier alpha value is -2.11. The van der Waals surface area contributed by atoms with E-state index in [0.717, 1.165) is 67.9 Å². The minimum absolute atomic E-state index is 0.0107. The Morgan fingerprint density at radius 1 is 1.36 bits per heavy atom. The van der Waals surface area contributed by atoms with E-state index >= 15 is 0 Å². The number of amides is 1. The van der Waals surface area contributed by atoms with Crippen LogP contribution in [0.4, 0.5) is 0 Å². The van der Waals surface area contributed by atoms with E-state index in [0.29, 0.717) is 5.69 Å². The summed E-state index contributed by atoms with van der Waals surface area (Å²) < 4.78 is 5.39. The number of aromatic nitrogens is 3. The molecule has 116 valence electrons. The van der Waals surface area contributed by atoms with Crippen LogP contribution in [0.5, 0.6) is 0 Å². The summed E-state index contributed by atoms with van der Waals surface area (Å²) >= 11 is 0. The molecule has 0 saturated carbocycles. The average molecular weight is 300 g/mol. The molecule has 1 amide bonds. The maximum Gasteiger partial charge on any atom is 0.276 e. The maximum absolute atomic E-state index is 12.9. The van der Waals surface area contributed by atoms with Crippen LogP contribution in [0, 0.1) is 6.92 Å². The fourth-order valence-corrected chi connectivity index (χ4v) is 3.59. The summed E-state index contributed by atoms with van der Waals surface area (Å²) in [5.41, 5.74) is 2.57. The number of imidazole rings is 1. The Morgan fingerprint density at radius 3 is 3.05 bits per heavy atom. The molecule has 1 saturated heterocycles. The highest BCUT2D eigenvalue weighted by Gasteiger charge is 2.35. The van der Waals surface area contributed by atoms with Gasteiger partial charge in [0.15, 0.2) is 5.69 Å². The maximum atomic E-state index is 12.9. The van der Waals surface area contributed by atoms with E-state index in [1.165, 1.54) is 0 Å². The van der Waals surface area contributed by atoms with Crippen molar-refractivity contribution in [1.29, 1.82) is 0 Å². The molecule has 6 nitrogen and oxygen atoms in total. The fourth-order valence-electron chi connectivity index (χ4n) is 3.59. The van der Waals surface area contributed by atoms with Gasteiger partial charge in [0.2, 0.25) is 0 Å². The Labute approximate surface area is 128 Å². The molecule has 1 atom stereocenters. The molecule has 0 spiro atoms. The predicted molar refractivity (Wildman–Crippen MR) is 79.5 cm³/mol. The first-order valence-corrected chi connectivity index (χ1v) is 8.04. The van der Waals surface area contributed by atoms with Gasteiger partial charge >= 0.3 is 0 Å². The van der Waals surface area contributed by atoms with Crippen molar-refractivity contribution < 1.29 is 9.32 Å². The molecule has 1 aliphatic heterocycles. The lowest BCUT2D eigenvalue weighted by molar-refractivity contribution is 0.0719. The third-order valence-electron chi connectivity index (χ3n) is 4.70. The number of hydrogen-bond acceptors (Lipinski definition) is 4. The molecule has 1 N–H and O–H groups in total. The van der Waals surface area contributed by atoms with Crippen LogP contribution >= 0.6 is 0 Å². The topological polar surface area (TPSA) is 75.0 Å². The van der Waals surface area contributed by atoms with Crippen molar-refractivity contribution in [3.8, 4) is 0 Å². The molecule has 2 aromatic rings. The summed E-state index contributed by atoms with van der Waals surface area (Å²) in [5.74, 6) is 1.77. The summed E-state index contributed by atoms with van der Waals surface area (Å²) in [6, 6.07) is 0.0251. The number of rotatable bonds is 2. The van der Waals surface area contributed by atoms with Gasteiger partial charge in [-0.3, -0.25) is 4.79 Å². The normalized spacial score (nSPS) is 21.1. The summed E-state index contributed by atoms with van der Waals surface area (Å²) in [6.07, 6.45) is 7.78. The number of nitrogens with one attached hydrogen (secondary N) is 1. The Kier molecular flexibility index (Phi) is 3.24. The van der Waals surface area contributed by atoms with Crippen LogP contribution in [0.15, 0.2) is 10.7 Å². The van der Waals surface area contributed by atoms with E-state index in [1.54, 1.807) is 0 Å². The Morgan fingerprint density at radius 2 is 2.23 bits per heavy atom. The molecule has 0 unspecified atom stereocenters. The van der Waals surface area contributed by atoms with Gasteiger partial charge in [-0.2, -0.15) is 0 Å². The monoisotopic (exact) mass is 300 g/mol. The van der Waals surface area contributed by atoms with Gasteiger partial charge in [-0.05, 0) is 39.0 Å². The highest BCUT2D eigenvalue weighted by atomic mass is 16.5. The van der Waals surface area contributed by atoms with Crippen LogP contribution in [-0.2, 0) is 12.8 Å². The summed E-state index contributed by atoms with van der Waals surface area (Å²) in [7, 11) is 0. The van der Waals surface area contributed by atoms with Gasteiger partial charge in [-0.15, -0.1) is 0 Å². The second-order valence-corrected chi connectivity index (χ2v) is 6.25. The van der Waals surface area contributed by atoms with Crippen LogP contribution < -0.4 is 0 Å². The third-order valence-corrected chi connectivity index (χ3v) is 4.70. The zero-order valence-corrected chi connectivity index (χ0v) is 12.8. The van der Waals surface area contributed by atoms with E-state index in [4.69, 9.17) is 4.52 Å². The molecule has 22 heavy (non-hydrogen) atoms. The van der Waals surface area contributed by atoms with Gasteiger partial charge in [-0.1, -0.05) is 5.16 Å².